The molecule has 1 aromatic carbocycles. The minimum Gasteiger partial charge on any atom is -0.448 e. The Morgan fingerprint density at radius 3 is 2.68 bits per heavy atom. The van der Waals surface area contributed by atoms with Crippen LogP contribution in [0.15, 0.2) is 17.0 Å². The van der Waals surface area contributed by atoms with Gasteiger partial charge in [0.05, 0.1) is 10.7 Å². The summed E-state index contributed by atoms with van der Waals surface area (Å²) in [6.07, 6.45) is -1.02. The summed E-state index contributed by atoms with van der Waals surface area (Å²) in [7, 11) is -3.99. The van der Waals surface area contributed by atoms with Crippen molar-refractivity contribution in [1.82, 2.24) is 4.72 Å². The van der Waals surface area contributed by atoms with Gasteiger partial charge in [-0.3, -0.25) is 0 Å². The minimum absolute atomic E-state index is 0.209. The number of carbonyl (C=O) groups excluding carboxylic acids is 1. The molecule has 0 saturated heterocycles. The normalized spacial score (nSPS) is 11.3. The maximum Gasteiger partial charge on any atom is 0.404 e. The lowest BCUT2D eigenvalue weighted by atomic mass is 10.3. The molecule has 19 heavy (non-hydrogen) atoms. The van der Waals surface area contributed by atoms with E-state index in [-0.39, 0.29) is 28.8 Å². The fraction of sp³-hybridized carbons (Fsp3) is 0.222. The van der Waals surface area contributed by atoms with E-state index < -0.39 is 21.9 Å². The van der Waals surface area contributed by atoms with Crippen molar-refractivity contribution in [1.29, 1.82) is 0 Å². The number of hydrogen-bond acceptors (Lipinski definition) is 5. The largest absolute Gasteiger partial charge is 0.448 e. The Morgan fingerprint density at radius 1 is 1.47 bits per heavy atom. The number of hydrogen-bond donors (Lipinski definition) is 3. The molecule has 0 saturated carbocycles. The first-order valence-electron chi connectivity index (χ1n) is 4.90. The molecular formula is C9H11ClFN3O4S. The zero-order valence-electron chi connectivity index (χ0n) is 9.52. The van der Waals surface area contributed by atoms with Crippen LogP contribution < -0.4 is 16.2 Å². The predicted octanol–water partition coefficient (Wildman–Crippen LogP) is 0.435. The summed E-state index contributed by atoms with van der Waals surface area (Å²) in [6, 6.07) is 1.69. The highest BCUT2D eigenvalue weighted by Gasteiger charge is 2.19. The number of nitrogens with two attached hydrogens (primary N) is 2. The van der Waals surface area contributed by atoms with E-state index in [9.17, 15) is 17.6 Å². The van der Waals surface area contributed by atoms with Gasteiger partial charge in [0.25, 0.3) is 0 Å². The average Bonchev–Trinajstić information content (AvgIpc) is 2.29. The summed E-state index contributed by atoms with van der Waals surface area (Å²) in [5, 5.41) is -0.310. The molecular weight excluding hydrogens is 301 g/mol. The van der Waals surface area contributed by atoms with Gasteiger partial charge in [-0.25, -0.2) is 22.3 Å². The lowest BCUT2D eigenvalue weighted by Gasteiger charge is -2.09. The van der Waals surface area contributed by atoms with E-state index in [2.05, 4.69) is 9.46 Å². The van der Waals surface area contributed by atoms with Gasteiger partial charge >= 0.3 is 6.09 Å². The van der Waals surface area contributed by atoms with Crippen molar-refractivity contribution in [2.75, 3.05) is 18.9 Å². The molecule has 0 aliphatic heterocycles. The molecule has 0 spiro atoms. The van der Waals surface area contributed by atoms with Crippen LogP contribution in [0.3, 0.4) is 0 Å². The highest BCUT2D eigenvalue weighted by molar-refractivity contribution is 7.89. The van der Waals surface area contributed by atoms with Crippen molar-refractivity contribution < 1.29 is 22.3 Å². The maximum absolute atomic E-state index is 13.0. The van der Waals surface area contributed by atoms with Crippen LogP contribution in [0.2, 0.25) is 5.02 Å². The van der Waals surface area contributed by atoms with Crippen LogP contribution >= 0.6 is 11.6 Å². The SMILES string of the molecule is NC(=O)OCCNS(=O)(=O)c1cc(N)c(F)cc1Cl. The third-order valence-corrected chi connectivity index (χ3v) is 3.90. The molecule has 1 aromatic rings. The smallest absolute Gasteiger partial charge is 0.404 e. The first kappa shape index (κ1) is 15.5. The monoisotopic (exact) mass is 311 g/mol. The molecule has 0 aromatic heterocycles. The number of nitrogen functional groups attached to an aromatic ring is 1. The Hall–Kier alpha value is -1.58. The molecule has 0 fully saturated rings. The molecule has 0 bridgehead atoms. The number of halogens is 2. The van der Waals surface area contributed by atoms with Gasteiger partial charge in [-0.2, -0.15) is 0 Å². The molecule has 5 N–H and O–H groups in total. The quantitative estimate of drug-likeness (QED) is 0.537. The van der Waals surface area contributed by atoms with Gasteiger partial charge in [0.1, 0.15) is 17.3 Å². The number of nitrogens with one attached hydrogen (secondary N) is 1. The van der Waals surface area contributed by atoms with Gasteiger partial charge in [0, 0.05) is 6.54 Å². The number of anilines is 1. The summed E-state index contributed by atoms with van der Waals surface area (Å²) >= 11 is 5.63. The third-order valence-electron chi connectivity index (χ3n) is 1.98. The first-order valence-corrected chi connectivity index (χ1v) is 6.76. The molecule has 1 amide bonds. The third kappa shape index (κ3) is 4.23. The van der Waals surface area contributed by atoms with E-state index >= 15 is 0 Å². The molecule has 10 heteroatoms. The zero-order chi connectivity index (χ0) is 14.6. The zero-order valence-corrected chi connectivity index (χ0v) is 11.1. The second kappa shape index (κ2) is 6.04. The second-order valence-corrected chi connectivity index (χ2v) is 5.51. The predicted molar refractivity (Wildman–Crippen MR) is 66.5 cm³/mol. The fourth-order valence-corrected chi connectivity index (χ4v) is 2.72. The second-order valence-electron chi connectivity index (χ2n) is 3.37. The van der Waals surface area contributed by atoms with Crippen molar-refractivity contribution in [3.63, 3.8) is 0 Å². The minimum atomic E-state index is -3.99. The van der Waals surface area contributed by atoms with Crippen LogP contribution in [0.4, 0.5) is 14.9 Å². The summed E-state index contributed by atoms with van der Waals surface area (Å²) in [4.78, 5) is 9.91. The van der Waals surface area contributed by atoms with Crippen molar-refractivity contribution in [2.45, 2.75) is 4.90 Å². The highest BCUT2D eigenvalue weighted by atomic mass is 35.5. The number of sulfonamides is 1. The van der Waals surface area contributed by atoms with E-state index in [1.807, 2.05) is 0 Å². The van der Waals surface area contributed by atoms with Crippen molar-refractivity contribution in [2.24, 2.45) is 5.73 Å². The molecule has 0 unspecified atom stereocenters. The first-order chi connectivity index (χ1) is 8.74. The van der Waals surface area contributed by atoms with E-state index in [0.29, 0.717) is 0 Å². The Morgan fingerprint density at radius 2 is 2.11 bits per heavy atom. The maximum atomic E-state index is 13.0. The number of ether oxygens (including phenoxy) is 1. The van der Waals surface area contributed by atoms with Crippen LogP contribution in [0.1, 0.15) is 0 Å². The van der Waals surface area contributed by atoms with E-state index in [1.165, 1.54) is 0 Å². The van der Waals surface area contributed by atoms with Gasteiger partial charge < -0.3 is 16.2 Å². The summed E-state index contributed by atoms with van der Waals surface area (Å²) in [6.45, 7) is -0.457. The molecule has 0 aliphatic rings. The molecule has 106 valence electrons. The van der Waals surface area contributed by atoms with Crippen LogP contribution in [0.25, 0.3) is 0 Å². The Kier molecular flexibility index (Phi) is 4.92. The molecule has 7 nitrogen and oxygen atoms in total. The van der Waals surface area contributed by atoms with Crippen molar-refractivity contribution in [3.8, 4) is 0 Å². The van der Waals surface area contributed by atoms with Crippen LogP contribution in [-0.4, -0.2) is 27.7 Å². The van der Waals surface area contributed by atoms with Gasteiger partial charge in [-0.15, -0.1) is 0 Å². The molecule has 0 aliphatic carbocycles. The van der Waals surface area contributed by atoms with Gasteiger partial charge in [-0.05, 0) is 12.1 Å². The number of carbonyl (C=O) groups is 1. The lowest BCUT2D eigenvalue weighted by molar-refractivity contribution is 0.159. The number of amides is 1. The fourth-order valence-electron chi connectivity index (χ4n) is 1.16. The summed E-state index contributed by atoms with van der Waals surface area (Å²) in [5.74, 6) is -0.819. The molecule has 0 heterocycles. The van der Waals surface area contributed by atoms with Crippen LogP contribution in [0.5, 0.6) is 0 Å². The van der Waals surface area contributed by atoms with Crippen LogP contribution in [-0.2, 0) is 14.8 Å². The average molecular weight is 312 g/mol. The van der Waals surface area contributed by atoms with Crippen molar-refractivity contribution in [3.05, 3.63) is 23.0 Å². The lowest BCUT2D eigenvalue weighted by Crippen LogP contribution is -2.29. The van der Waals surface area contributed by atoms with Gasteiger partial charge in [0.2, 0.25) is 10.0 Å². The van der Waals surface area contributed by atoms with E-state index in [0.717, 1.165) is 12.1 Å². The Balaban J connectivity index is 2.83. The van der Waals surface area contributed by atoms with Gasteiger partial charge in [0.15, 0.2) is 0 Å². The highest BCUT2D eigenvalue weighted by Crippen LogP contribution is 2.25. The summed E-state index contributed by atoms with van der Waals surface area (Å²) in [5.41, 5.74) is 9.62. The number of rotatable bonds is 5. The number of primary amides is 1. The van der Waals surface area contributed by atoms with Crippen LogP contribution in [0, 0.1) is 5.82 Å². The van der Waals surface area contributed by atoms with Crippen molar-refractivity contribution >= 4 is 33.4 Å². The van der Waals surface area contributed by atoms with E-state index in [4.69, 9.17) is 23.1 Å². The molecule has 0 radical (unpaired) electrons. The Labute approximate surface area is 113 Å². The molecule has 0 atom stereocenters. The van der Waals surface area contributed by atoms with E-state index in [1.54, 1.807) is 0 Å². The molecule has 1 rings (SSSR count). The summed E-state index contributed by atoms with van der Waals surface area (Å²) < 4.78 is 43.1. The Bertz CT molecular complexity index is 593. The standard InChI is InChI=1S/C9H11ClFN3O4S/c10-5-3-6(11)7(12)4-8(5)19(16,17)14-1-2-18-9(13)15/h3-4,14H,1-2,12H2,(H2,13,15). The van der Waals surface area contributed by atoms with Gasteiger partial charge in [-0.1, -0.05) is 11.6 Å². The number of benzene rings is 1. The topological polar surface area (TPSA) is 125 Å².